The molecule has 0 fully saturated rings. The number of halogens is 2. The van der Waals surface area contributed by atoms with Crippen molar-refractivity contribution in [1.29, 1.82) is 5.26 Å². The molecule has 0 unspecified atom stereocenters. The van der Waals surface area contributed by atoms with E-state index in [0.717, 1.165) is 0 Å². The summed E-state index contributed by atoms with van der Waals surface area (Å²) in [5.41, 5.74) is 1.60. The molecule has 0 saturated heterocycles. The Labute approximate surface area is 125 Å². The van der Waals surface area contributed by atoms with Gasteiger partial charge < -0.3 is 4.74 Å². The maximum absolute atomic E-state index is 11.5. The van der Waals surface area contributed by atoms with Crippen molar-refractivity contribution in [1.82, 2.24) is 4.98 Å². The first-order chi connectivity index (χ1) is 9.56. The van der Waals surface area contributed by atoms with Crippen LogP contribution in [0.3, 0.4) is 0 Å². The SMILES string of the molecule is COC(=O)c1nc(-c2ccc(C#N)c(Cl)c2)ccc1Cl. The van der Waals surface area contributed by atoms with Gasteiger partial charge in [0.1, 0.15) is 6.07 Å². The maximum Gasteiger partial charge on any atom is 0.358 e. The van der Waals surface area contributed by atoms with E-state index < -0.39 is 5.97 Å². The molecular formula is C14H8Cl2N2O2. The van der Waals surface area contributed by atoms with Gasteiger partial charge in [-0.1, -0.05) is 29.3 Å². The number of pyridine rings is 1. The van der Waals surface area contributed by atoms with Crippen LogP contribution >= 0.6 is 23.2 Å². The smallest absolute Gasteiger partial charge is 0.358 e. The van der Waals surface area contributed by atoms with Crippen LogP contribution in [0.15, 0.2) is 30.3 Å². The number of hydrogen-bond donors (Lipinski definition) is 0. The summed E-state index contributed by atoms with van der Waals surface area (Å²) in [6, 6.07) is 10.1. The molecule has 0 aliphatic rings. The molecule has 0 spiro atoms. The summed E-state index contributed by atoms with van der Waals surface area (Å²) in [7, 11) is 1.26. The first-order valence-corrected chi connectivity index (χ1v) is 6.27. The van der Waals surface area contributed by atoms with Crippen molar-refractivity contribution >= 4 is 29.2 Å². The van der Waals surface area contributed by atoms with E-state index >= 15 is 0 Å². The van der Waals surface area contributed by atoms with Crippen LogP contribution in [0.25, 0.3) is 11.3 Å². The third-order valence-electron chi connectivity index (χ3n) is 2.61. The Morgan fingerprint density at radius 1 is 1.25 bits per heavy atom. The van der Waals surface area contributed by atoms with Crippen molar-refractivity contribution in [2.45, 2.75) is 0 Å². The molecule has 6 heteroatoms. The topological polar surface area (TPSA) is 63.0 Å². The number of ether oxygens (including phenoxy) is 1. The zero-order valence-electron chi connectivity index (χ0n) is 10.4. The second-order valence-electron chi connectivity index (χ2n) is 3.82. The second-order valence-corrected chi connectivity index (χ2v) is 4.64. The van der Waals surface area contributed by atoms with E-state index in [1.54, 1.807) is 30.3 Å². The van der Waals surface area contributed by atoms with Crippen molar-refractivity contribution in [2.75, 3.05) is 7.11 Å². The molecule has 2 aromatic rings. The first kappa shape index (κ1) is 14.3. The zero-order chi connectivity index (χ0) is 14.7. The van der Waals surface area contributed by atoms with E-state index in [1.165, 1.54) is 7.11 Å². The van der Waals surface area contributed by atoms with Gasteiger partial charge in [0.15, 0.2) is 5.69 Å². The largest absolute Gasteiger partial charge is 0.464 e. The summed E-state index contributed by atoms with van der Waals surface area (Å²) in [6.45, 7) is 0. The van der Waals surface area contributed by atoms with Gasteiger partial charge in [0.05, 0.1) is 28.4 Å². The normalized spacial score (nSPS) is 9.90. The van der Waals surface area contributed by atoms with Crippen LogP contribution in [-0.2, 0) is 4.74 Å². The first-order valence-electron chi connectivity index (χ1n) is 5.51. The molecule has 1 heterocycles. The van der Waals surface area contributed by atoms with Crippen molar-refractivity contribution in [2.24, 2.45) is 0 Å². The number of nitriles is 1. The number of carbonyl (C=O) groups is 1. The molecular weight excluding hydrogens is 299 g/mol. The van der Waals surface area contributed by atoms with E-state index in [9.17, 15) is 4.79 Å². The van der Waals surface area contributed by atoms with Crippen molar-refractivity contribution in [3.8, 4) is 17.3 Å². The molecule has 0 amide bonds. The highest BCUT2D eigenvalue weighted by molar-refractivity contribution is 6.33. The molecule has 0 saturated carbocycles. The lowest BCUT2D eigenvalue weighted by atomic mass is 10.1. The summed E-state index contributed by atoms with van der Waals surface area (Å²) >= 11 is 11.9. The lowest BCUT2D eigenvalue weighted by molar-refractivity contribution is 0.0594. The van der Waals surface area contributed by atoms with Gasteiger partial charge in [-0.25, -0.2) is 9.78 Å². The van der Waals surface area contributed by atoms with Gasteiger partial charge in [-0.3, -0.25) is 0 Å². The van der Waals surface area contributed by atoms with Crippen LogP contribution in [0, 0.1) is 11.3 Å². The minimum absolute atomic E-state index is 0.0344. The van der Waals surface area contributed by atoms with Crippen LogP contribution < -0.4 is 0 Å². The summed E-state index contributed by atoms with van der Waals surface area (Å²) in [5.74, 6) is -0.614. The Kier molecular flexibility index (Phi) is 4.23. The number of hydrogen-bond acceptors (Lipinski definition) is 4. The zero-order valence-corrected chi connectivity index (χ0v) is 11.9. The number of esters is 1. The highest BCUT2D eigenvalue weighted by Gasteiger charge is 2.14. The van der Waals surface area contributed by atoms with Crippen molar-refractivity contribution in [3.05, 3.63) is 51.6 Å². The van der Waals surface area contributed by atoms with Gasteiger partial charge in [-0.05, 0) is 24.3 Å². The molecule has 0 aliphatic carbocycles. The Morgan fingerprint density at radius 2 is 2.00 bits per heavy atom. The van der Waals surface area contributed by atoms with Gasteiger partial charge in [0.25, 0.3) is 0 Å². The highest BCUT2D eigenvalue weighted by Crippen LogP contribution is 2.26. The van der Waals surface area contributed by atoms with Crippen LogP contribution in [0.5, 0.6) is 0 Å². The number of nitrogens with zero attached hydrogens (tertiary/aromatic N) is 2. The monoisotopic (exact) mass is 306 g/mol. The Morgan fingerprint density at radius 3 is 2.60 bits per heavy atom. The molecule has 2 rings (SSSR count). The van der Waals surface area contributed by atoms with E-state index in [1.807, 2.05) is 6.07 Å². The number of carbonyl (C=O) groups excluding carboxylic acids is 1. The number of benzene rings is 1. The highest BCUT2D eigenvalue weighted by atomic mass is 35.5. The fourth-order valence-corrected chi connectivity index (χ4v) is 2.01. The Balaban J connectivity index is 2.51. The summed E-state index contributed by atoms with van der Waals surface area (Å²) < 4.78 is 4.61. The molecule has 0 N–H and O–H groups in total. The predicted octanol–water partition coefficient (Wildman–Crippen LogP) is 3.71. The van der Waals surface area contributed by atoms with Gasteiger partial charge >= 0.3 is 5.97 Å². The molecule has 20 heavy (non-hydrogen) atoms. The van der Waals surface area contributed by atoms with Crippen LogP contribution in [0.4, 0.5) is 0 Å². The summed E-state index contributed by atoms with van der Waals surface area (Å²) in [6.07, 6.45) is 0. The van der Waals surface area contributed by atoms with E-state index in [-0.39, 0.29) is 10.7 Å². The standard InChI is InChI=1S/C14H8Cl2N2O2/c1-20-14(19)13-10(15)4-5-12(18-13)8-2-3-9(7-17)11(16)6-8/h2-6H,1H3. The molecule has 4 nitrogen and oxygen atoms in total. The fourth-order valence-electron chi connectivity index (χ4n) is 1.61. The quantitative estimate of drug-likeness (QED) is 0.793. The van der Waals surface area contributed by atoms with E-state index in [0.29, 0.717) is 21.8 Å². The third kappa shape index (κ3) is 2.74. The maximum atomic E-state index is 11.5. The van der Waals surface area contributed by atoms with Gasteiger partial charge in [-0.2, -0.15) is 5.26 Å². The Bertz CT molecular complexity index is 724. The van der Waals surface area contributed by atoms with Crippen molar-refractivity contribution in [3.63, 3.8) is 0 Å². The number of methoxy groups -OCH3 is 1. The van der Waals surface area contributed by atoms with Gasteiger partial charge in [0, 0.05) is 5.56 Å². The third-order valence-corrected chi connectivity index (χ3v) is 3.23. The average Bonchev–Trinajstić information content (AvgIpc) is 2.47. The van der Waals surface area contributed by atoms with Gasteiger partial charge in [-0.15, -0.1) is 0 Å². The molecule has 0 atom stereocenters. The lowest BCUT2D eigenvalue weighted by Crippen LogP contribution is -2.05. The van der Waals surface area contributed by atoms with Gasteiger partial charge in [0.2, 0.25) is 0 Å². The molecule has 100 valence electrons. The summed E-state index contributed by atoms with van der Waals surface area (Å²) in [4.78, 5) is 15.7. The fraction of sp³-hybridized carbons (Fsp3) is 0.0714. The minimum Gasteiger partial charge on any atom is -0.464 e. The van der Waals surface area contributed by atoms with Crippen LogP contribution in [0.1, 0.15) is 16.1 Å². The number of aromatic nitrogens is 1. The predicted molar refractivity (Wildman–Crippen MR) is 75.7 cm³/mol. The minimum atomic E-state index is -0.614. The lowest BCUT2D eigenvalue weighted by Gasteiger charge is -2.06. The molecule has 1 aromatic heterocycles. The molecule has 0 bridgehead atoms. The van der Waals surface area contributed by atoms with Crippen LogP contribution in [-0.4, -0.2) is 18.1 Å². The van der Waals surface area contributed by atoms with E-state index in [2.05, 4.69) is 9.72 Å². The molecule has 0 aliphatic heterocycles. The average molecular weight is 307 g/mol. The second kappa shape index (κ2) is 5.91. The number of rotatable bonds is 2. The van der Waals surface area contributed by atoms with E-state index in [4.69, 9.17) is 28.5 Å². The Hall–Kier alpha value is -2.09. The van der Waals surface area contributed by atoms with Crippen LogP contribution in [0.2, 0.25) is 10.0 Å². The molecule has 0 radical (unpaired) electrons. The van der Waals surface area contributed by atoms with Crippen molar-refractivity contribution < 1.29 is 9.53 Å². The summed E-state index contributed by atoms with van der Waals surface area (Å²) in [5, 5.41) is 9.37. The molecule has 1 aromatic carbocycles.